The molecule has 3 aliphatic heterocycles. The Morgan fingerprint density at radius 1 is 0.426 bits per heavy atom. The highest BCUT2D eigenvalue weighted by atomic mass is 79.9. The number of fused-ring (bicyclic) bond motifs is 9. The Balaban J connectivity index is 0.000000153. The number of nitrogens with zero attached hydrogens (tertiary/aromatic N) is 5. The number of aliphatic hydroxyl groups is 9. The minimum absolute atomic E-state index is 0.0327. The lowest BCUT2D eigenvalue weighted by Crippen LogP contribution is -2.52. The van der Waals surface area contributed by atoms with Gasteiger partial charge in [0.25, 0.3) is 0 Å². The quantitative estimate of drug-likeness (QED) is 0.0381. The molecule has 6 aliphatic rings. The van der Waals surface area contributed by atoms with E-state index in [1.54, 1.807) is 90.3 Å². The fourth-order valence-corrected chi connectivity index (χ4v) is 19.3. The molecule has 3 aliphatic carbocycles. The number of halogens is 3. The molecule has 3 fully saturated rings. The number of amides is 2. The van der Waals surface area contributed by atoms with Crippen molar-refractivity contribution in [1.82, 2.24) is 24.8 Å². The number of aliphatic hydroxyl groups excluding tert-OH is 3. The second-order valence-corrected chi connectivity index (χ2v) is 34.7. The van der Waals surface area contributed by atoms with Gasteiger partial charge < -0.3 is 89.3 Å². The number of rotatable bonds is 18. The molecule has 0 unspecified atom stereocenters. The van der Waals surface area contributed by atoms with Gasteiger partial charge in [-0.25, -0.2) is 0 Å². The van der Waals surface area contributed by atoms with E-state index in [0.717, 1.165) is 26.3 Å². The third-order valence-corrected chi connectivity index (χ3v) is 24.2. The van der Waals surface area contributed by atoms with E-state index < -0.39 is 122 Å². The molecule has 6 heterocycles. The number of aliphatic carboxylic acids is 1. The van der Waals surface area contributed by atoms with E-state index in [0.29, 0.717) is 33.4 Å². The summed E-state index contributed by atoms with van der Waals surface area (Å²) in [6, 6.07) is 49.2. The van der Waals surface area contributed by atoms with Crippen molar-refractivity contribution in [2.75, 3.05) is 48.5 Å². The average Bonchev–Trinajstić information content (AvgIpc) is 1.51. The zero-order valence-electron chi connectivity index (χ0n) is 65.6. The van der Waals surface area contributed by atoms with Crippen molar-refractivity contribution in [2.24, 2.45) is 17.8 Å². The second kappa shape index (κ2) is 32.5. The summed E-state index contributed by atoms with van der Waals surface area (Å²) in [4.78, 5) is 56.1. The van der Waals surface area contributed by atoms with E-state index in [2.05, 4.69) is 69.7 Å². The summed E-state index contributed by atoms with van der Waals surface area (Å²) in [5.74, 6) is -6.76. The Labute approximate surface area is 692 Å². The molecule has 15 atom stereocenters. The number of aromatic nitrogens is 3. The number of carbonyl (C=O) groups is 3. The Bertz CT molecular complexity index is 4780. The monoisotopic (exact) mass is 1760 g/mol. The van der Waals surface area contributed by atoms with Crippen LogP contribution in [0.4, 0.5) is 0 Å². The Kier molecular flexibility index (Phi) is 24.2. The largest absolute Gasteiger partial charge is 0.495 e. The summed E-state index contributed by atoms with van der Waals surface area (Å²) in [6.07, 6.45) is 5.82. The number of ether oxygens (including phenoxy) is 6. The van der Waals surface area contributed by atoms with Gasteiger partial charge in [-0.3, -0.25) is 29.3 Å². The maximum atomic E-state index is 14.1. The number of likely N-dealkylation sites (N-methyl/N-ethyl adjacent to an activating group) is 2. The van der Waals surface area contributed by atoms with Crippen LogP contribution >= 0.6 is 47.8 Å². The molecular weight excluding hydrogens is 1670 g/mol. The standard InChI is InChI=1S/2C29H31BrN2O6.C24H20BrNO6.C6H14O/c2*1-27(2,35)16-32(3)26(34)22-23(17-8-6-5-7-9-17)29(18-10-12-19(30)13-11-18)28(36,25(22)33)24-20(37-4)14-31-15-21(24)38-29;1-31-16-11-26-12-17-20(16)23(30)21(27)18(22(28)29)19(13-5-3-2-4-6-13)24(23,32-17)14-7-9-15(25)10-8-14;1-4-5-6(2,3)7/h2*5-15,22-23,25,33,35-36H,16H2,1-4H3;2-12,18-19,21,27,30H,1H3,(H,28,29);7H,4-5H2,1-3H3/t2*22-,23-,25-,28+,29+;18-,19-,21-,23+,24+;/m111./s1. The van der Waals surface area contributed by atoms with Gasteiger partial charge in [0.05, 0.1) is 110 Å². The smallest absolute Gasteiger partial charge is 0.310 e. The molecule has 0 spiro atoms. The van der Waals surface area contributed by atoms with Gasteiger partial charge in [0.15, 0.2) is 33.6 Å². The minimum atomic E-state index is -2.12. The molecule has 6 aromatic carbocycles. The van der Waals surface area contributed by atoms with Crippen molar-refractivity contribution in [3.63, 3.8) is 0 Å². The Hall–Kier alpha value is -8.94. The van der Waals surface area contributed by atoms with Crippen LogP contribution in [0.5, 0.6) is 34.5 Å². The van der Waals surface area contributed by atoms with Crippen LogP contribution in [-0.4, -0.2) is 177 Å². The zero-order valence-corrected chi connectivity index (χ0v) is 70.4. The van der Waals surface area contributed by atoms with Crippen LogP contribution in [0.2, 0.25) is 0 Å². The van der Waals surface area contributed by atoms with Gasteiger partial charge in [-0.1, -0.05) is 189 Å². The van der Waals surface area contributed by atoms with Gasteiger partial charge in [0.2, 0.25) is 11.8 Å². The average molecular weight is 1770 g/mol. The van der Waals surface area contributed by atoms with Crippen molar-refractivity contribution in [1.29, 1.82) is 0 Å². The van der Waals surface area contributed by atoms with Crippen molar-refractivity contribution < 1.29 is 93.9 Å². The lowest BCUT2D eigenvalue weighted by atomic mass is 9.70. The maximum Gasteiger partial charge on any atom is 0.310 e. The molecule has 0 radical (unpaired) electrons. The molecular formula is C88H96Br3N5O19. The lowest BCUT2D eigenvalue weighted by Gasteiger charge is -2.41. The van der Waals surface area contributed by atoms with E-state index >= 15 is 0 Å². The molecule has 2 amide bonds. The topological polar surface area (TPSA) is 354 Å². The first kappa shape index (κ1) is 85.4. The van der Waals surface area contributed by atoms with Crippen LogP contribution in [0.1, 0.15) is 129 Å². The molecule has 0 bridgehead atoms. The third kappa shape index (κ3) is 14.5. The van der Waals surface area contributed by atoms with Crippen LogP contribution in [0.3, 0.4) is 0 Å². The number of carboxylic acid groups (broad SMARTS) is 1. The molecule has 9 aromatic rings. The highest BCUT2D eigenvalue weighted by Gasteiger charge is 2.81. The first-order valence-electron chi connectivity index (χ1n) is 37.5. The van der Waals surface area contributed by atoms with Crippen LogP contribution in [0.15, 0.2) is 214 Å². The number of pyridine rings is 3. The van der Waals surface area contributed by atoms with Gasteiger partial charge >= 0.3 is 5.97 Å². The SMILES string of the molecule is CCCC(C)(C)O.COc1cncc2c1[C@]1(O)[C@H](O)[C@H](C(=O)N(C)CC(C)(C)O)[C@@H](c3ccccc3)[C@]1(c1ccc(Br)cc1)O2.COc1cncc2c1[C@]1(O)[C@H](O)[C@H](C(=O)N(C)CC(C)(C)O)[C@@H](c3ccccc3)[C@]1(c1ccc(Br)cc1)O2.COc1cncc2c1[C@]1(O)[C@H](O)[C@H](C(=O)O)[C@@H](c3ccccc3)[C@]1(c1ccc(Br)cc1)O2. The predicted molar refractivity (Wildman–Crippen MR) is 436 cm³/mol. The molecule has 0 saturated heterocycles. The maximum absolute atomic E-state index is 14.1. The van der Waals surface area contributed by atoms with Gasteiger partial charge in [-0.2, -0.15) is 0 Å². The van der Waals surface area contributed by atoms with E-state index in [-0.39, 0.29) is 64.3 Å². The third-order valence-electron chi connectivity index (χ3n) is 22.7. The van der Waals surface area contributed by atoms with Crippen LogP contribution in [-0.2, 0) is 48.0 Å². The number of benzene rings is 6. The molecule has 10 N–H and O–H groups in total. The number of carbonyl (C=O) groups excluding carboxylic acids is 2. The number of carboxylic acids is 1. The normalized spacial score (nSPS) is 27.6. The molecule has 3 saturated carbocycles. The number of methoxy groups -OCH3 is 3. The van der Waals surface area contributed by atoms with E-state index in [4.69, 9.17) is 33.5 Å². The zero-order chi connectivity index (χ0) is 83.5. The van der Waals surface area contributed by atoms with Gasteiger partial charge in [0, 0.05) is 58.4 Å². The second-order valence-electron chi connectivity index (χ2n) is 32.0. The van der Waals surface area contributed by atoms with E-state index in [1.165, 1.54) is 68.3 Å². The fraction of sp³-hybridized carbons (Fsp3) is 0.386. The van der Waals surface area contributed by atoms with Gasteiger partial charge in [-0.05, 0) is 118 Å². The fourth-order valence-electron chi connectivity index (χ4n) is 18.5. The lowest BCUT2D eigenvalue weighted by molar-refractivity contribution is -0.159. The van der Waals surface area contributed by atoms with Crippen molar-refractivity contribution in [2.45, 2.75) is 148 Å². The van der Waals surface area contributed by atoms with Crippen molar-refractivity contribution in [3.8, 4) is 34.5 Å². The summed E-state index contributed by atoms with van der Waals surface area (Å²) in [5, 5.41) is 114. The molecule has 3 aromatic heterocycles. The Morgan fingerprint density at radius 2 is 0.687 bits per heavy atom. The van der Waals surface area contributed by atoms with Gasteiger partial charge in [-0.15, -0.1) is 0 Å². The summed E-state index contributed by atoms with van der Waals surface area (Å²) >= 11 is 10.4. The summed E-state index contributed by atoms with van der Waals surface area (Å²) in [5.41, 5.74) is -9.52. The van der Waals surface area contributed by atoms with Gasteiger partial charge in [0.1, 0.15) is 52.8 Å². The molecule has 15 rings (SSSR count). The number of hydrogen-bond donors (Lipinski definition) is 10. The minimum Gasteiger partial charge on any atom is -0.495 e. The highest BCUT2D eigenvalue weighted by molar-refractivity contribution is 9.11. The Morgan fingerprint density at radius 3 is 0.913 bits per heavy atom. The molecule has 24 nitrogen and oxygen atoms in total. The summed E-state index contributed by atoms with van der Waals surface area (Å²) in [7, 11) is 7.49. The highest BCUT2D eigenvalue weighted by Crippen LogP contribution is 2.73. The summed E-state index contributed by atoms with van der Waals surface area (Å²) in [6.45, 7) is 12.2. The number of hydrogen-bond acceptors (Lipinski definition) is 21. The predicted octanol–water partition coefficient (Wildman–Crippen LogP) is 11.4. The molecule has 27 heteroatoms. The first-order chi connectivity index (χ1) is 54.3. The first-order valence-corrected chi connectivity index (χ1v) is 39.9. The molecule has 608 valence electrons. The van der Waals surface area contributed by atoms with Crippen LogP contribution in [0, 0.1) is 17.8 Å². The van der Waals surface area contributed by atoms with Crippen molar-refractivity contribution >= 4 is 65.6 Å². The summed E-state index contributed by atoms with van der Waals surface area (Å²) < 4.78 is 38.9. The van der Waals surface area contributed by atoms with Crippen molar-refractivity contribution in [3.05, 3.63) is 264 Å². The van der Waals surface area contributed by atoms with E-state index in [1.807, 2.05) is 129 Å². The van der Waals surface area contributed by atoms with Crippen LogP contribution < -0.4 is 28.4 Å². The van der Waals surface area contributed by atoms with E-state index in [9.17, 15) is 60.3 Å². The van der Waals surface area contributed by atoms with Crippen LogP contribution in [0.25, 0.3) is 0 Å². The molecule has 115 heavy (non-hydrogen) atoms.